The molecular weight excluding hydrogens is 254 g/mol. The Kier molecular flexibility index (Phi) is 4.23. The standard InChI is InChI=1S/C11H19N3O3S/c1-2-12-8-10-9-17-11(13-10)14-4-3-6-18(15,16)7-5-14/h9,12H,2-8H2,1H3. The zero-order valence-corrected chi connectivity index (χ0v) is 11.4. The van der Waals surface area contributed by atoms with Gasteiger partial charge >= 0.3 is 0 Å². The van der Waals surface area contributed by atoms with Gasteiger partial charge in [0.05, 0.1) is 17.2 Å². The smallest absolute Gasteiger partial charge is 0.297 e. The zero-order chi connectivity index (χ0) is 13.0. The third-order valence-electron chi connectivity index (χ3n) is 2.92. The molecule has 1 aliphatic heterocycles. The average molecular weight is 273 g/mol. The Hall–Kier alpha value is -1.08. The van der Waals surface area contributed by atoms with Gasteiger partial charge in [-0.3, -0.25) is 0 Å². The van der Waals surface area contributed by atoms with Gasteiger partial charge in [0.15, 0.2) is 9.84 Å². The minimum Gasteiger partial charge on any atom is -0.432 e. The predicted octanol–water partition coefficient (Wildman–Crippen LogP) is 0.409. The molecule has 2 heterocycles. The van der Waals surface area contributed by atoms with Gasteiger partial charge in [-0.15, -0.1) is 0 Å². The first kappa shape index (κ1) is 13.4. The summed E-state index contributed by atoms with van der Waals surface area (Å²) in [6.07, 6.45) is 2.25. The van der Waals surface area contributed by atoms with Gasteiger partial charge < -0.3 is 14.6 Å². The van der Waals surface area contributed by atoms with Crippen LogP contribution in [0.2, 0.25) is 0 Å². The van der Waals surface area contributed by atoms with E-state index in [9.17, 15) is 8.42 Å². The number of sulfone groups is 1. The van der Waals surface area contributed by atoms with Crippen molar-refractivity contribution in [2.45, 2.75) is 19.9 Å². The summed E-state index contributed by atoms with van der Waals surface area (Å²) in [6, 6.07) is 0.528. The highest BCUT2D eigenvalue weighted by atomic mass is 32.2. The molecule has 102 valence electrons. The molecule has 1 N–H and O–H groups in total. The Morgan fingerprint density at radius 1 is 1.44 bits per heavy atom. The van der Waals surface area contributed by atoms with Crippen LogP contribution in [0.1, 0.15) is 19.0 Å². The topological polar surface area (TPSA) is 75.4 Å². The number of nitrogens with one attached hydrogen (secondary N) is 1. The maximum atomic E-state index is 11.5. The fraction of sp³-hybridized carbons (Fsp3) is 0.727. The minimum absolute atomic E-state index is 0.178. The molecule has 0 saturated carbocycles. The van der Waals surface area contributed by atoms with E-state index >= 15 is 0 Å². The van der Waals surface area contributed by atoms with Gasteiger partial charge in [0.2, 0.25) is 0 Å². The van der Waals surface area contributed by atoms with E-state index in [-0.39, 0.29) is 11.5 Å². The lowest BCUT2D eigenvalue weighted by Gasteiger charge is -2.16. The number of hydrogen-bond acceptors (Lipinski definition) is 6. The first-order valence-corrected chi connectivity index (χ1v) is 8.03. The Bertz CT molecular complexity index is 483. The number of anilines is 1. The van der Waals surface area contributed by atoms with Gasteiger partial charge in [0, 0.05) is 19.6 Å². The SMILES string of the molecule is CCNCc1coc(N2CCCS(=O)(=O)CC2)n1. The molecule has 0 radical (unpaired) electrons. The lowest BCUT2D eigenvalue weighted by Crippen LogP contribution is -2.27. The third-order valence-corrected chi connectivity index (χ3v) is 4.64. The van der Waals surface area contributed by atoms with Crippen LogP contribution in [-0.4, -0.2) is 44.5 Å². The summed E-state index contributed by atoms with van der Waals surface area (Å²) in [6.45, 7) is 4.72. The second-order valence-electron chi connectivity index (χ2n) is 4.39. The Balaban J connectivity index is 2.00. The maximum absolute atomic E-state index is 11.5. The van der Waals surface area contributed by atoms with Crippen LogP contribution in [-0.2, 0) is 16.4 Å². The van der Waals surface area contributed by atoms with Crippen molar-refractivity contribution in [1.29, 1.82) is 0 Å². The molecule has 0 bridgehead atoms. The van der Waals surface area contributed by atoms with E-state index in [1.165, 1.54) is 0 Å². The monoisotopic (exact) mass is 273 g/mol. The number of hydrogen-bond donors (Lipinski definition) is 1. The van der Waals surface area contributed by atoms with Crippen LogP contribution in [0.3, 0.4) is 0 Å². The fourth-order valence-electron chi connectivity index (χ4n) is 1.91. The van der Waals surface area contributed by atoms with Crippen LogP contribution in [0.15, 0.2) is 10.7 Å². The lowest BCUT2D eigenvalue weighted by atomic mass is 10.4. The van der Waals surface area contributed by atoms with Crippen molar-refractivity contribution in [3.8, 4) is 0 Å². The van der Waals surface area contributed by atoms with Crippen molar-refractivity contribution in [2.24, 2.45) is 0 Å². The van der Waals surface area contributed by atoms with Gasteiger partial charge in [-0.1, -0.05) is 6.92 Å². The van der Waals surface area contributed by atoms with Crippen molar-refractivity contribution in [1.82, 2.24) is 10.3 Å². The molecular formula is C11H19N3O3S. The van der Waals surface area contributed by atoms with E-state index < -0.39 is 9.84 Å². The molecule has 6 nitrogen and oxygen atoms in total. The number of rotatable bonds is 4. The van der Waals surface area contributed by atoms with E-state index in [0.29, 0.717) is 32.1 Å². The molecule has 0 spiro atoms. The summed E-state index contributed by atoms with van der Waals surface area (Å²) in [7, 11) is -2.89. The van der Waals surface area contributed by atoms with E-state index in [1.54, 1.807) is 6.26 Å². The molecule has 7 heteroatoms. The number of aromatic nitrogens is 1. The van der Waals surface area contributed by atoms with E-state index in [2.05, 4.69) is 10.3 Å². The summed E-state index contributed by atoms with van der Waals surface area (Å²) < 4.78 is 28.4. The maximum Gasteiger partial charge on any atom is 0.297 e. The molecule has 0 unspecified atom stereocenters. The van der Waals surface area contributed by atoms with Crippen LogP contribution in [0, 0.1) is 0 Å². The van der Waals surface area contributed by atoms with Gasteiger partial charge in [-0.05, 0) is 13.0 Å². The Labute approximate surface area is 107 Å². The molecule has 0 amide bonds. The van der Waals surface area contributed by atoms with Crippen LogP contribution < -0.4 is 10.2 Å². The van der Waals surface area contributed by atoms with Crippen molar-refractivity contribution in [3.63, 3.8) is 0 Å². The van der Waals surface area contributed by atoms with Crippen LogP contribution in [0.25, 0.3) is 0 Å². The molecule has 1 aliphatic rings. The number of oxazole rings is 1. The molecule has 2 rings (SSSR count). The third kappa shape index (κ3) is 3.46. The van der Waals surface area contributed by atoms with Gasteiger partial charge in [0.25, 0.3) is 6.01 Å². The highest BCUT2D eigenvalue weighted by molar-refractivity contribution is 7.91. The second-order valence-corrected chi connectivity index (χ2v) is 6.70. The number of nitrogens with zero attached hydrogens (tertiary/aromatic N) is 2. The van der Waals surface area contributed by atoms with Crippen LogP contribution in [0.5, 0.6) is 0 Å². The molecule has 1 aromatic rings. The highest BCUT2D eigenvalue weighted by Gasteiger charge is 2.21. The van der Waals surface area contributed by atoms with E-state index in [1.807, 2.05) is 11.8 Å². The normalized spacial score (nSPS) is 19.7. The van der Waals surface area contributed by atoms with E-state index in [0.717, 1.165) is 12.2 Å². The van der Waals surface area contributed by atoms with Gasteiger partial charge in [0.1, 0.15) is 6.26 Å². The summed E-state index contributed by atoms with van der Waals surface area (Å²) >= 11 is 0. The Morgan fingerprint density at radius 2 is 2.28 bits per heavy atom. The lowest BCUT2D eigenvalue weighted by molar-refractivity contribution is 0.535. The predicted molar refractivity (Wildman–Crippen MR) is 69.4 cm³/mol. The summed E-state index contributed by atoms with van der Waals surface area (Å²) in [5, 5.41) is 3.17. The first-order valence-electron chi connectivity index (χ1n) is 6.21. The van der Waals surface area contributed by atoms with Crippen LogP contribution in [0.4, 0.5) is 6.01 Å². The molecule has 1 aromatic heterocycles. The molecule has 0 aromatic carbocycles. The molecule has 1 fully saturated rings. The quantitative estimate of drug-likeness (QED) is 0.856. The van der Waals surface area contributed by atoms with Crippen LogP contribution >= 0.6 is 0 Å². The fourth-order valence-corrected chi connectivity index (χ4v) is 3.18. The average Bonchev–Trinajstić information content (AvgIpc) is 2.72. The zero-order valence-electron chi connectivity index (χ0n) is 10.6. The molecule has 1 saturated heterocycles. The minimum atomic E-state index is -2.89. The summed E-state index contributed by atoms with van der Waals surface area (Å²) in [4.78, 5) is 6.27. The summed E-state index contributed by atoms with van der Waals surface area (Å²) in [5.74, 6) is 0.437. The van der Waals surface area contributed by atoms with Crippen molar-refractivity contribution >= 4 is 15.9 Å². The second kappa shape index (κ2) is 5.71. The molecule has 0 aliphatic carbocycles. The largest absolute Gasteiger partial charge is 0.432 e. The van der Waals surface area contributed by atoms with Crippen molar-refractivity contribution in [3.05, 3.63) is 12.0 Å². The highest BCUT2D eigenvalue weighted by Crippen LogP contribution is 2.16. The van der Waals surface area contributed by atoms with Gasteiger partial charge in [-0.25, -0.2) is 8.42 Å². The molecule has 18 heavy (non-hydrogen) atoms. The summed E-state index contributed by atoms with van der Waals surface area (Å²) in [5.41, 5.74) is 0.846. The first-order chi connectivity index (χ1) is 8.61. The Morgan fingerprint density at radius 3 is 3.06 bits per heavy atom. The van der Waals surface area contributed by atoms with Crippen molar-refractivity contribution < 1.29 is 12.8 Å². The van der Waals surface area contributed by atoms with E-state index in [4.69, 9.17) is 4.42 Å². The molecule has 0 atom stereocenters. The van der Waals surface area contributed by atoms with Gasteiger partial charge in [-0.2, -0.15) is 4.98 Å². The van der Waals surface area contributed by atoms with Crippen molar-refractivity contribution in [2.75, 3.05) is 36.0 Å².